The Hall–Kier alpha value is -3.74. The highest BCUT2D eigenvalue weighted by atomic mass is 16.4. The van der Waals surface area contributed by atoms with Crippen LogP contribution in [0.5, 0.6) is 0 Å². The Morgan fingerprint density at radius 1 is 1.05 bits per heavy atom. The van der Waals surface area contributed by atoms with E-state index in [0.29, 0.717) is 35.4 Å². The molecule has 198 valence electrons. The molecule has 5 rings (SSSR count). The Bertz CT molecular complexity index is 1300. The van der Waals surface area contributed by atoms with Crippen LogP contribution in [0.15, 0.2) is 64.9 Å². The number of carbonyl (C=O) groups is 3. The van der Waals surface area contributed by atoms with Crippen molar-refractivity contribution in [2.45, 2.75) is 64.8 Å². The summed E-state index contributed by atoms with van der Waals surface area (Å²) in [7, 11) is 0. The van der Waals surface area contributed by atoms with E-state index in [4.69, 9.17) is 10.1 Å². The minimum Gasteiger partial charge on any atom is -0.481 e. The van der Waals surface area contributed by atoms with E-state index in [9.17, 15) is 14.4 Å². The SMILES string of the molecule is CC[C@H](c1ccc(C(=O)NCCC(=O)O)cc1)N1C(=O)C(c2ccc(C3CC3)cc2)=NC1=C1C(C)CC1C. The molecule has 2 aromatic rings. The molecule has 3 atom stereocenters. The number of nitrogens with one attached hydrogen (secondary N) is 1. The summed E-state index contributed by atoms with van der Waals surface area (Å²) in [6.07, 6.45) is 4.13. The van der Waals surface area contributed by atoms with Crippen LogP contribution in [0.4, 0.5) is 0 Å². The number of hydrogen-bond acceptors (Lipinski definition) is 4. The molecule has 2 aliphatic carbocycles. The first-order valence-corrected chi connectivity index (χ1v) is 13.6. The fourth-order valence-corrected chi connectivity index (χ4v) is 5.79. The van der Waals surface area contributed by atoms with Crippen LogP contribution in [0.25, 0.3) is 0 Å². The average Bonchev–Trinajstić information content (AvgIpc) is 3.70. The van der Waals surface area contributed by atoms with E-state index in [1.807, 2.05) is 29.2 Å². The first-order chi connectivity index (χ1) is 18.3. The van der Waals surface area contributed by atoms with Gasteiger partial charge < -0.3 is 10.4 Å². The van der Waals surface area contributed by atoms with Gasteiger partial charge in [0.15, 0.2) is 0 Å². The molecule has 0 radical (unpaired) electrons. The maximum absolute atomic E-state index is 14.0. The Balaban J connectivity index is 1.43. The van der Waals surface area contributed by atoms with E-state index in [1.54, 1.807) is 12.1 Å². The fraction of sp³-hybridized carbons (Fsp3) is 0.419. The highest BCUT2D eigenvalue weighted by Gasteiger charge is 2.42. The normalized spacial score (nSPS) is 21.7. The van der Waals surface area contributed by atoms with Crippen molar-refractivity contribution in [2.75, 3.05) is 6.54 Å². The summed E-state index contributed by atoms with van der Waals surface area (Å²) in [6.45, 7) is 6.52. The van der Waals surface area contributed by atoms with Gasteiger partial charge in [-0.15, -0.1) is 0 Å². The maximum atomic E-state index is 14.0. The van der Waals surface area contributed by atoms with Crippen LogP contribution in [-0.2, 0) is 9.59 Å². The van der Waals surface area contributed by atoms with Gasteiger partial charge in [0.1, 0.15) is 11.5 Å². The van der Waals surface area contributed by atoms with Gasteiger partial charge in [-0.25, -0.2) is 4.99 Å². The first kappa shape index (κ1) is 25.9. The number of hydrogen-bond donors (Lipinski definition) is 2. The second-order valence-corrected chi connectivity index (χ2v) is 10.8. The van der Waals surface area contributed by atoms with E-state index in [2.05, 4.69) is 38.2 Å². The predicted octanol–water partition coefficient (Wildman–Crippen LogP) is 5.44. The van der Waals surface area contributed by atoms with Gasteiger partial charge in [-0.3, -0.25) is 19.3 Å². The molecule has 0 bridgehead atoms. The lowest BCUT2D eigenvalue weighted by Gasteiger charge is -2.38. The molecule has 2 fully saturated rings. The molecule has 3 aliphatic rings. The number of rotatable bonds is 9. The van der Waals surface area contributed by atoms with Crippen molar-refractivity contribution in [2.24, 2.45) is 16.8 Å². The van der Waals surface area contributed by atoms with Crippen LogP contribution >= 0.6 is 0 Å². The lowest BCUT2D eigenvalue weighted by Crippen LogP contribution is -2.36. The number of carbonyl (C=O) groups excluding carboxylic acids is 2. The van der Waals surface area contributed by atoms with Crippen LogP contribution in [0.1, 0.15) is 91.9 Å². The highest BCUT2D eigenvalue weighted by molar-refractivity contribution is 6.47. The quantitative estimate of drug-likeness (QED) is 0.466. The number of amides is 2. The van der Waals surface area contributed by atoms with Crippen LogP contribution in [0, 0.1) is 11.8 Å². The zero-order valence-electron chi connectivity index (χ0n) is 22.2. The van der Waals surface area contributed by atoms with Crippen molar-refractivity contribution in [3.63, 3.8) is 0 Å². The third-order valence-electron chi connectivity index (χ3n) is 8.01. The standard InChI is InChI=1S/C31H35N3O4/c1-4-25(22-9-13-24(14-10-22)30(37)32-16-15-26(35)36)34-29(27-18(2)17-19(27)3)33-28(31(34)38)23-11-7-21(8-12-23)20-5-6-20/h7-14,18-20,25H,4-6,15-17H2,1-3H3,(H,32,37)(H,35,36)/t18?,19?,25-/m1/s1. The Labute approximate surface area is 223 Å². The predicted molar refractivity (Wildman–Crippen MR) is 146 cm³/mol. The summed E-state index contributed by atoms with van der Waals surface area (Å²) >= 11 is 0. The monoisotopic (exact) mass is 513 g/mol. The summed E-state index contributed by atoms with van der Waals surface area (Å²) in [6, 6.07) is 15.3. The van der Waals surface area contributed by atoms with E-state index in [0.717, 1.165) is 23.4 Å². The van der Waals surface area contributed by atoms with E-state index in [1.165, 1.54) is 24.0 Å². The zero-order chi connectivity index (χ0) is 27.0. The fourth-order valence-electron chi connectivity index (χ4n) is 5.79. The summed E-state index contributed by atoms with van der Waals surface area (Å²) in [5.41, 5.74) is 5.29. The largest absolute Gasteiger partial charge is 0.481 e. The van der Waals surface area contributed by atoms with E-state index < -0.39 is 5.97 Å². The van der Waals surface area contributed by atoms with Gasteiger partial charge in [0.2, 0.25) is 0 Å². The molecule has 38 heavy (non-hydrogen) atoms. The molecule has 2 aromatic carbocycles. The van der Waals surface area contributed by atoms with Gasteiger partial charge in [-0.2, -0.15) is 0 Å². The number of nitrogens with zero attached hydrogens (tertiary/aromatic N) is 2. The van der Waals surface area contributed by atoms with Gasteiger partial charge in [-0.1, -0.05) is 57.2 Å². The van der Waals surface area contributed by atoms with Crippen molar-refractivity contribution < 1.29 is 19.5 Å². The number of aliphatic carboxylic acids is 1. The number of benzene rings is 2. The molecular weight excluding hydrogens is 478 g/mol. The van der Waals surface area contributed by atoms with Crippen molar-refractivity contribution >= 4 is 23.5 Å². The van der Waals surface area contributed by atoms with E-state index in [-0.39, 0.29) is 30.8 Å². The van der Waals surface area contributed by atoms with Crippen LogP contribution in [0.2, 0.25) is 0 Å². The second kappa shape index (κ2) is 10.6. The third kappa shape index (κ3) is 5.02. The lowest BCUT2D eigenvalue weighted by molar-refractivity contribution is -0.136. The molecule has 2 amide bonds. The molecule has 1 heterocycles. The smallest absolute Gasteiger partial charge is 0.305 e. The summed E-state index contributed by atoms with van der Waals surface area (Å²) < 4.78 is 0. The molecule has 1 aliphatic heterocycles. The molecule has 0 saturated heterocycles. The lowest BCUT2D eigenvalue weighted by atomic mass is 9.71. The van der Waals surface area contributed by atoms with Gasteiger partial charge in [-0.05, 0) is 72.3 Å². The van der Waals surface area contributed by atoms with Crippen molar-refractivity contribution in [1.29, 1.82) is 0 Å². The molecule has 2 N–H and O–H groups in total. The van der Waals surface area contributed by atoms with Crippen molar-refractivity contribution in [3.8, 4) is 0 Å². The molecule has 7 heteroatoms. The summed E-state index contributed by atoms with van der Waals surface area (Å²) in [5.74, 6) is 0.841. The molecule has 7 nitrogen and oxygen atoms in total. The molecule has 2 saturated carbocycles. The topological polar surface area (TPSA) is 99.1 Å². The number of carboxylic acid groups (broad SMARTS) is 1. The molecule has 0 spiro atoms. The Morgan fingerprint density at radius 2 is 1.71 bits per heavy atom. The maximum Gasteiger partial charge on any atom is 0.305 e. The van der Waals surface area contributed by atoms with Gasteiger partial charge >= 0.3 is 5.97 Å². The van der Waals surface area contributed by atoms with Gasteiger partial charge in [0.25, 0.3) is 11.8 Å². The zero-order valence-corrected chi connectivity index (χ0v) is 22.2. The second-order valence-electron chi connectivity index (χ2n) is 10.8. The van der Waals surface area contributed by atoms with Crippen molar-refractivity contribution in [3.05, 3.63) is 82.2 Å². The van der Waals surface area contributed by atoms with Crippen LogP contribution in [0.3, 0.4) is 0 Å². The van der Waals surface area contributed by atoms with E-state index >= 15 is 0 Å². The minimum atomic E-state index is -0.956. The number of carboxylic acids is 1. The highest BCUT2D eigenvalue weighted by Crippen LogP contribution is 2.46. The average molecular weight is 514 g/mol. The molecular formula is C31H35N3O4. The summed E-state index contributed by atoms with van der Waals surface area (Å²) in [5, 5.41) is 11.4. The third-order valence-corrected chi connectivity index (χ3v) is 8.01. The Kier molecular flexibility index (Phi) is 7.19. The van der Waals surface area contributed by atoms with Gasteiger partial charge in [0, 0.05) is 17.7 Å². The minimum absolute atomic E-state index is 0.0742. The molecule has 0 aromatic heterocycles. The number of allylic oxidation sites excluding steroid dienone is 1. The Morgan fingerprint density at radius 3 is 2.26 bits per heavy atom. The first-order valence-electron chi connectivity index (χ1n) is 13.6. The molecule has 2 unspecified atom stereocenters. The van der Waals surface area contributed by atoms with Gasteiger partial charge in [0.05, 0.1) is 12.5 Å². The van der Waals surface area contributed by atoms with Crippen LogP contribution in [-0.4, -0.2) is 40.0 Å². The number of aliphatic imine (C=N–C) groups is 1. The summed E-state index contributed by atoms with van der Waals surface area (Å²) in [4.78, 5) is 44.0. The van der Waals surface area contributed by atoms with Crippen LogP contribution < -0.4 is 5.32 Å². The van der Waals surface area contributed by atoms with Crippen molar-refractivity contribution in [1.82, 2.24) is 10.2 Å².